The van der Waals surface area contributed by atoms with Gasteiger partial charge in [0.05, 0.1) is 26.4 Å². The predicted molar refractivity (Wildman–Crippen MR) is 153 cm³/mol. The SMILES string of the molecule is N#CC(C#N)=C1C=C(/C=C/c2ccc(N3CCOCC3)cc2)OC(/C=C/c2ccc(N3CCOCC3)cc2)=C1. The van der Waals surface area contributed by atoms with Gasteiger partial charge in [0, 0.05) is 43.1 Å². The van der Waals surface area contributed by atoms with Gasteiger partial charge in [-0.25, -0.2) is 0 Å². The van der Waals surface area contributed by atoms with Gasteiger partial charge in [-0.05, 0) is 59.7 Å². The highest BCUT2D eigenvalue weighted by Gasteiger charge is 2.14. The zero-order chi connectivity index (χ0) is 26.9. The van der Waals surface area contributed by atoms with E-state index in [4.69, 9.17) is 14.2 Å². The quantitative estimate of drug-likeness (QED) is 0.485. The van der Waals surface area contributed by atoms with Crippen LogP contribution in [0.1, 0.15) is 11.1 Å². The lowest BCUT2D eigenvalue weighted by atomic mass is 10.1. The normalized spacial score (nSPS) is 17.8. The van der Waals surface area contributed by atoms with Crippen LogP contribution in [0, 0.1) is 22.7 Å². The van der Waals surface area contributed by atoms with Crippen LogP contribution in [-0.2, 0) is 14.2 Å². The van der Waals surface area contributed by atoms with Crippen molar-refractivity contribution in [3.05, 3.63) is 107 Å². The van der Waals surface area contributed by atoms with Crippen molar-refractivity contribution in [1.29, 1.82) is 10.5 Å². The van der Waals surface area contributed by atoms with Crippen molar-refractivity contribution in [2.24, 2.45) is 0 Å². The van der Waals surface area contributed by atoms with Crippen LogP contribution in [0.3, 0.4) is 0 Å². The van der Waals surface area contributed by atoms with Crippen molar-refractivity contribution >= 4 is 23.5 Å². The second-order valence-electron chi connectivity index (χ2n) is 9.30. The molecule has 0 amide bonds. The minimum Gasteiger partial charge on any atom is -0.457 e. The van der Waals surface area contributed by atoms with Gasteiger partial charge in [0.25, 0.3) is 0 Å². The minimum absolute atomic E-state index is 0.0415. The average Bonchev–Trinajstić information content (AvgIpc) is 3.01. The Balaban J connectivity index is 1.29. The van der Waals surface area contributed by atoms with E-state index in [1.54, 1.807) is 12.2 Å². The number of hydrogen-bond donors (Lipinski definition) is 0. The van der Waals surface area contributed by atoms with Crippen molar-refractivity contribution < 1.29 is 14.2 Å². The second kappa shape index (κ2) is 12.8. The highest BCUT2D eigenvalue weighted by molar-refractivity contribution is 5.62. The second-order valence-corrected chi connectivity index (χ2v) is 9.30. The average molecular weight is 519 g/mol. The Morgan fingerprint density at radius 3 is 1.41 bits per heavy atom. The standard InChI is InChI=1S/C32H30N4O3/c33-23-28(24-34)27-21-31(11-5-25-1-7-29(8-2-25)35-13-17-37-18-14-35)39-32(22-27)12-6-26-3-9-30(10-4-26)36-15-19-38-20-16-36/h1-12,21-22H,13-20H2/b11-5+,12-6+. The van der Waals surface area contributed by atoms with Gasteiger partial charge < -0.3 is 24.0 Å². The number of allylic oxidation sites excluding steroid dienone is 6. The first-order chi connectivity index (χ1) is 19.2. The first kappa shape index (κ1) is 26.1. The van der Waals surface area contributed by atoms with E-state index in [2.05, 4.69) is 58.3 Å². The molecule has 5 rings (SSSR count). The first-order valence-electron chi connectivity index (χ1n) is 13.1. The molecule has 2 fully saturated rings. The molecule has 196 valence electrons. The third-order valence-electron chi connectivity index (χ3n) is 6.76. The first-order valence-corrected chi connectivity index (χ1v) is 13.1. The summed E-state index contributed by atoms with van der Waals surface area (Å²) < 4.78 is 17.0. The third-order valence-corrected chi connectivity index (χ3v) is 6.76. The zero-order valence-corrected chi connectivity index (χ0v) is 21.8. The summed E-state index contributed by atoms with van der Waals surface area (Å²) in [6, 6.07) is 20.6. The number of ether oxygens (including phenoxy) is 3. The van der Waals surface area contributed by atoms with Gasteiger partial charge in [-0.15, -0.1) is 0 Å². The van der Waals surface area contributed by atoms with Crippen molar-refractivity contribution in [3.8, 4) is 12.1 Å². The number of anilines is 2. The number of nitriles is 2. The van der Waals surface area contributed by atoms with Crippen LogP contribution in [0.5, 0.6) is 0 Å². The Morgan fingerprint density at radius 1 is 0.615 bits per heavy atom. The van der Waals surface area contributed by atoms with Gasteiger partial charge in [-0.1, -0.05) is 36.4 Å². The molecule has 0 aliphatic carbocycles. The Morgan fingerprint density at radius 2 is 1.03 bits per heavy atom. The molecule has 0 bridgehead atoms. The molecule has 0 radical (unpaired) electrons. The molecule has 39 heavy (non-hydrogen) atoms. The molecule has 3 aliphatic heterocycles. The minimum atomic E-state index is 0.0415. The Bertz CT molecular complexity index is 1290. The Kier molecular flexibility index (Phi) is 8.55. The molecule has 3 aliphatic rings. The summed E-state index contributed by atoms with van der Waals surface area (Å²) >= 11 is 0. The lowest BCUT2D eigenvalue weighted by molar-refractivity contribution is 0.122. The summed E-state index contributed by atoms with van der Waals surface area (Å²) in [7, 11) is 0. The molecule has 0 atom stereocenters. The number of nitrogens with zero attached hydrogens (tertiary/aromatic N) is 4. The predicted octanol–water partition coefficient (Wildman–Crippen LogP) is 5.23. The van der Waals surface area contributed by atoms with Crippen LogP contribution < -0.4 is 9.80 Å². The van der Waals surface area contributed by atoms with Crippen molar-refractivity contribution in [3.63, 3.8) is 0 Å². The number of rotatable bonds is 6. The summed E-state index contributed by atoms with van der Waals surface area (Å²) in [5, 5.41) is 18.9. The van der Waals surface area contributed by atoms with Gasteiger partial charge in [-0.2, -0.15) is 10.5 Å². The maximum atomic E-state index is 9.44. The highest BCUT2D eigenvalue weighted by Crippen LogP contribution is 2.26. The van der Waals surface area contributed by atoms with Crippen molar-refractivity contribution in [2.75, 3.05) is 62.4 Å². The fraction of sp³-hybridized carbons (Fsp3) is 0.250. The smallest absolute Gasteiger partial charge is 0.137 e. The van der Waals surface area contributed by atoms with Crippen molar-refractivity contribution in [2.45, 2.75) is 0 Å². The molecule has 0 spiro atoms. The molecular formula is C32H30N4O3. The molecule has 7 nitrogen and oxygen atoms in total. The van der Waals surface area contributed by atoms with Crippen LogP contribution in [-0.4, -0.2) is 52.6 Å². The van der Waals surface area contributed by atoms with E-state index in [0.29, 0.717) is 17.1 Å². The van der Waals surface area contributed by atoms with Gasteiger partial charge >= 0.3 is 0 Å². The monoisotopic (exact) mass is 518 g/mol. The number of benzene rings is 2. The molecule has 0 N–H and O–H groups in total. The van der Waals surface area contributed by atoms with Gasteiger partial charge in [0.2, 0.25) is 0 Å². The largest absolute Gasteiger partial charge is 0.457 e. The molecule has 2 saturated heterocycles. The fourth-order valence-corrected chi connectivity index (χ4v) is 4.60. The maximum Gasteiger partial charge on any atom is 0.137 e. The topological polar surface area (TPSA) is 81.8 Å². The Labute approximate surface area is 229 Å². The summed E-state index contributed by atoms with van der Waals surface area (Å²) in [5.74, 6) is 1.10. The lowest BCUT2D eigenvalue weighted by Gasteiger charge is -2.28. The summed E-state index contributed by atoms with van der Waals surface area (Å²) in [6.45, 7) is 6.58. The Hall–Kier alpha value is -4.56. The third kappa shape index (κ3) is 6.86. The number of hydrogen-bond acceptors (Lipinski definition) is 7. The van der Waals surface area contributed by atoms with Gasteiger partial charge in [0.15, 0.2) is 0 Å². The van der Waals surface area contributed by atoms with E-state index in [1.165, 1.54) is 11.4 Å². The summed E-state index contributed by atoms with van der Waals surface area (Å²) in [4.78, 5) is 4.62. The zero-order valence-electron chi connectivity index (χ0n) is 21.8. The molecule has 7 heteroatoms. The molecule has 2 aromatic rings. The van der Waals surface area contributed by atoms with E-state index in [9.17, 15) is 10.5 Å². The van der Waals surface area contributed by atoms with Crippen LogP contribution >= 0.6 is 0 Å². The maximum absolute atomic E-state index is 9.44. The van der Waals surface area contributed by atoms with Crippen LogP contribution in [0.2, 0.25) is 0 Å². The molecular weight excluding hydrogens is 488 g/mol. The van der Waals surface area contributed by atoms with Crippen LogP contribution in [0.4, 0.5) is 11.4 Å². The summed E-state index contributed by atoms with van der Waals surface area (Å²) in [5.41, 5.74) is 4.96. The molecule has 0 saturated carbocycles. The molecule has 0 unspecified atom stereocenters. The van der Waals surface area contributed by atoms with Crippen LogP contribution in [0.15, 0.2) is 95.5 Å². The van der Waals surface area contributed by atoms with Gasteiger partial charge in [-0.3, -0.25) is 0 Å². The van der Waals surface area contributed by atoms with Crippen molar-refractivity contribution in [1.82, 2.24) is 0 Å². The molecule has 3 heterocycles. The molecule has 0 aromatic heterocycles. The summed E-state index contributed by atoms with van der Waals surface area (Å²) in [6.07, 6.45) is 11.1. The lowest BCUT2D eigenvalue weighted by Crippen LogP contribution is -2.36. The molecule has 2 aromatic carbocycles. The van der Waals surface area contributed by atoms with Gasteiger partial charge in [0.1, 0.15) is 29.2 Å². The van der Waals surface area contributed by atoms with E-state index >= 15 is 0 Å². The van der Waals surface area contributed by atoms with E-state index in [-0.39, 0.29) is 5.57 Å². The van der Waals surface area contributed by atoms with E-state index in [0.717, 1.165) is 63.7 Å². The number of morpholine rings is 2. The fourth-order valence-electron chi connectivity index (χ4n) is 4.60. The van der Waals surface area contributed by atoms with Crippen LogP contribution in [0.25, 0.3) is 12.2 Å². The van der Waals surface area contributed by atoms with E-state index in [1.807, 2.05) is 36.4 Å². The highest BCUT2D eigenvalue weighted by atomic mass is 16.5. The van der Waals surface area contributed by atoms with E-state index < -0.39 is 0 Å².